The maximum Gasteiger partial charge on any atom is 0.266 e. The third-order valence-corrected chi connectivity index (χ3v) is 4.83. The van der Waals surface area contributed by atoms with Crippen molar-refractivity contribution >= 4 is 40.3 Å². The quantitative estimate of drug-likeness (QED) is 0.620. The van der Waals surface area contributed by atoms with E-state index < -0.39 is 0 Å². The fourth-order valence-corrected chi connectivity index (χ4v) is 3.45. The summed E-state index contributed by atoms with van der Waals surface area (Å²) in [4.78, 5) is 14.7. The molecule has 0 saturated carbocycles. The zero-order valence-electron chi connectivity index (χ0n) is 12.1. The van der Waals surface area contributed by atoms with Gasteiger partial charge in [0.05, 0.1) is 17.7 Å². The topological polar surface area (TPSA) is 33.5 Å². The van der Waals surface area contributed by atoms with Gasteiger partial charge in [-0.2, -0.15) is 0 Å². The Morgan fingerprint density at radius 1 is 1.27 bits per heavy atom. The number of amides is 1. The van der Waals surface area contributed by atoms with Crippen LogP contribution in [0.25, 0.3) is 6.08 Å². The van der Waals surface area contributed by atoms with Crippen molar-refractivity contribution in [1.82, 2.24) is 4.90 Å². The molecule has 1 aromatic heterocycles. The Balaban J connectivity index is 1.78. The van der Waals surface area contributed by atoms with Gasteiger partial charge < -0.3 is 4.42 Å². The van der Waals surface area contributed by atoms with Crippen LogP contribution in [0.2, 0.25) is 0 Å². The summed E-state index contributed by atoms with van der Waals surface area (Å²) in [7, 11) is 0. The summed E-state index contributed by atoms with van der Waals surface area (Å²) in [5.41, 5.74) is 2.29. The van der Waals surface area contributed by atoms with Gasteiger partial charge in [-0.25, -0.2) is 0 Å². The molecule has 0 N–H and O–H groups in total. The molecule has 3 rings (SSSR count). The van der Waals surface area contributed by atoms with E-state index in [1.807, 2.05) is 24.3 Å². The molecule has 0 bridgehead atoms. The van der Waals surface area contributed by atoms with Crippen LogP contribution in [0.15, 0.2) is 52.0 Å². The van der Waals surface area contributed by atoms with E-state index in [2.05, 4.69) is 19.1 Å². The van der Waals surface area contributed by atoms with Crippen LogP contribution in [-0.2, 0) is 17.8 Å². The van der Waals surface area contributed by atoms with Crippen molar-refractivity contribution in [3.05, 3.63) is 64.5 Å². The fraction of sp³-hybridized carbons (Fsp3) is 0.176. The van der Waals surface area contributed by atoms with Crippen molar-refractivity contribution in [1.29, 1.82) is 0 Å². The lowest BCUT2D eigenvalue weighted by atomic mass is 10.1. The third kappa shape index (κ3) is 3.15. The Bertz CT molecular complexity index is 718. The molecule has 0 aliphatic carbocycles. The largest absolute Gasteiger partial charge is 0.467 e. The first-order valence-electron chi connectivity index (χ1n) is 7.04. The van der Waals surface area contributed by atoms with E-state index in [4.69, 9.17) is 16.6 Å². The summed E-state index contributed by atoms with van der Waals surface area (Å²) in [6, 6.07) is 11.9. The number of thiocarbonyl (C=S) groups is 1. The van der Waals surface area contributed by atoms with Crippen LogP contribution in [0.4, 0.5) is 0 Å². The highest BCUT2D eigenvalue weighted by Crippen LogP contribution is 2.33. The average molecular weight is 329 g/mol. The number of hydrogen-bond acceptors (Lipinski definition) is 4. The molecule has 5 heteroatoms. The second kappa shape index (κ2) is 6.50. The highest BCUT2D eigenvalue weighted by Gasteiger charge is 2.32. The molecular weight excluding hydrogens is 314 g/mol. The molecule has 3 nitrogen and oxygen atoms in total. The van der Waals surface area contributed by atoms with Crippen LogP contribution in [0.3, 0.4) is 0 Å². The molecule has 1 amide bonds. The molecule has 22 heavy (non-hydrogen) atoms. The normalized spacial score (nSPS) is 16.8. The number of benzene rings is 1. The van der Waals surface area contributed by atoms with E-state index in [-0.39, 0.29) is 5.91 Å². The molecule has 0 unspecified atom stereocenters. The number of rotatable bonds is 4. The van der Waals surface area contributed by atoms with Gasteiger partial charge in [0.15, 0.2) is 0 Å². The first-order chi connectivity index (χ1) is 10.7. The van der Waals surface area contributed by atoms with Gasteiger partial charge in [-0.3, -0.25) is 9.69 Å². The molecule has 1 fully saturated rings. The summed E-state index contributed by atoms with van der Waals surface area (Å²) < 4.78 is 5.86. The van der Waals surface area contributed by atoms with Gasteiger partial charge >= 0.3 is 0 Å². The maximum absolute atomic E-state index is 12.5. The van der Waals surface area contributed by atoms with E-state index in [1.165, 1.54) is 17.3 Å². The molecule has 1 aliphatic rings. The van der Waals surface area contributed by atoms with Gasteiger partial charge in [-0.1, -0.05) is 55.2 Å². The van der Waals surface area contributed by atoms with Crippen LogP contribution in [0, 0.1) is 0 Å². The van der Waals surface area contributed by atoms with Crippen LogP contribution in [0.1, 0.15) is 23.8 Å². The van der Waals surface area contributed by atoms with Crippen molar-refractivity contribution in [3.8, 4) is 0 Å². The highest BCUT2D eigenvalue weighted by molar-refractivity contribution is 8.26. The minimum atomic E-state index is -0.0639. The van der Waals surface area contributed by atoms with Gasteiger partial charge in [0, 0.05) is 0 Å². The van der Waals surface area contributed by atoms with E-state index in [0.29, 0.717) is 15.8 Å². The lowest BCUT2D eigenvalue weighted by Crippen LogP contribution is -2.27. The summed E-state index contributed by atoms with van der Waals surface area (Å²) in [5.74, 6) is 0.663. The standard InChI is InChI=1S/C17H15NO2S2/c1-2-12-5-7-13(8-6-12)10-15-16(19)18(17(21)22-15)11-14-4-3-9-20-14/h3-10H,2,11H2,1H3/b15-10-. The molecule has 112 valence electrons. The molecule has 2 heterocycles. The monoisotopic (exact) mass is 329 g/mol. The first-order valence-corrected chi connectivity index (χ1v) is 8.26. The predicted molar refractivity (Wildman–Crippen MR) is 93.2 cm³/mol. The smallest absolute Gasteiger partial charge is 0.266 e. The number of carbonyl (C=O) groups excluding carboxylic acids is 1. The van der Waals surface area contributed by atoms with Gasteiger partial charge in [-0.05, 0) is 35.8 Å². The van der Waals surface area contributed by atoms with E-state index in [1.54, 1.807) is 17.2 Å². The molecule has 1 aliphatic heterocycles. The Morgan fingerprint density at radius 2 is 2.05 bits per heavy atom. The van der Waals surface area contributed by atoms with Crippen molar-refractivity contribution in [2.24, 2.45) is 0 Å². The molecule has 0 spiro atoms. The Morgan fingerprint density at radius 3 is 2.68 bits per heavy atom. The minimum absolute atomic E-state index is 0.0639. The molecule has 0 radical (unpaired) electrons. The summed E-state index contributed by atoms with van der Waals surface area (Å²) in [6.07, 6.45) is 4.49. The van der Waals surface area contributed by atoms with Gasteiger partial charge in [0.1, 0.15) is 10.1 Å². The number of nitrogens with zero attached hydrogens (tertiary/aromatic N) is 1. The molecule has 1 aromatic carbocycles. The molecule has 1 saturated heterocycles. The molecule has 0 atom stereocenters. The average Bonchev–Trinajstić information content (AvgIpc) is 3.13. The van der Waals surface area contributed by atoms with Gasteiger partial charge in [0.25, 0.3) is 5.91 Å². The van der Waals surface area contributed by atoms with E-state index in [0.717, 1.165) is 17.7 Å². The molecule has 2 aromatic rings. The second-order valence-electron chi connectivity index (χ2n) is 4.94. The van der Waals surface area contributed by atoms with Crippen molar-refractivity contribution in [3.63, 3.8) is 0 Å². The number of aryl methyl sites for hydroxylation is 1. The Labute approximate surface area is 139 Å². The fourth-order valence-electron chi connectivity index (χ4n) is 2.20. The lowest BCUT2D eigenvalue weighted by Gasteiger charge is -2.11. The van der Waals surface area contributed by atoms with Crippen LogP contribution in [0.5, 0.6) is 0 Å². The van der Waals surface area contributed by atoms with Gasteiger partial charge in [0.2, 0.25) is 0 Å². The first kappa shape index (κ1) is 15.1. The summed E-state index contributed by atoms with van der Waals surface area (Å²) in [5, 5.41) is 0. The van der Waals surface area contributed by atoms with Crippen LogP contribution in [-0.4, -0.2) is 15.1 Å². The number of thioether (sulfide) groups is 1. The number of furan rings is 1. The summed E-state index contributed by atoms with van der Waals surface area (Å²) >= 11 is 6.64. The minimum Gasteiger partial charge on any atom is -0.467 e. The number of carbonyl (C=O) groups is 1. The SMILES string of the molecule is CCc1ccc(/C=C2\SC(=S)N(Cc3ccco3)C2=O)cc1. The van der Waals surface area contributed by atoms with Crippen molar-refractivity contribution < 1.29 is 9.21 Å². The zero-order valence-corrected chi connectivity index (χ0v) is 13.7. The van der Waals surface area contributed by atoms with Crippen LogP contribution >= 0.6 is 24.0 Å². The van der Waals surface area contributed by atoms with E-state index in [9.17, 15) is 4.79 Å². The number of hydrogen-bond donors (Lipinski definition) is 0. The van der Waals surface area contributed by atoms with Gasteiger partial charge in [-0.15, -0.1) is 0 Å². The second-order valence-corrected chi connectivity index (χ2v) is 6.62. The van der Waals surface area contributed by atoms with E-state index >= 15 is 0 Å². The lowest BCUT2D eigenvalue weighted by molar-refractivity contribution is -0.122. The van der Waals surface area contributed by atoms with Crippen LogP contribution < -0.4 is 0 Å². The Hall–Kier alpha value is -1.85. The third-order valence-electron chi connectivity index (χ3n) is 3.45. The highest BCUT2D eigenvalue weighted by atomic mass is 32.2. The maximum atomic E-state index is 12.5. The van der Waals surface area contributed by atoms with Crippen molar-refractivity contribution in [2.75, 3.05) is 0 Å². The predicted octanol–water partition coefficient (Wildman–Crippen LogP) is 4.24. The van der Waals surface area contributed by atoms with Crippen molar-refractivity contribution in [2.45, 2.75) is 19.9 Å². The Kier molecular flexibility index (Phi) is 4.45. The zero-order chi connectivity index (χ0) is 15.5. The molecular formula is C17H15NO2S2. The summed E-state index contributed by atoms with van der Waals surface area (Å²) in [6.45, 7) is 2.50.